The van der Waals surface area contributed by atoms with Crippen LogP contribution >= 0.6 is 11.3 Å². The van der Waals surface area contributed by atoms with Crippen molar-refractivity contribution in [3.05, 3.63) is 65.5 Å². The largest absolute Gasteiger partial charge is 0.351 e. The van der Waals surface area contributed by atoms with E-state index < -0.39 is 6.03 Å². The molecule has 0 fully saturated rings. The van der Waals surface area contributed by atoms with Gasteiger partial charge in [0.15, 0.2) is 5.13 Å². The Labute approximate surface area is 142 Å². The number of urea groups is 1. The Bertz CT molecular complexity index is 877. The monoisotopic (exact) mass is 338 g/mol. The summed E-state index contributed by atoms with van der Waals surface area (Å²) in [5.74, 6) is -0.308. The first-order valence-corrected chi connectivity index (χ1v) is 7.98. The minimum Gasteiger partial charge on any atom is -0.351 e. The predicted molar refractivity (Wildman–Crippen MR) is 95.2 cm³/mol. The number of primary amides is 1. The van der Waals surface area contributed by atoms with Crippen molar-refractivity contribution in [3.63, 3.8) is 0 Å². The number of carbonyl (C=O) groups is 2. The number of anilines is 2. The maximum Gasteiger partial charge on any atom is 0.316 e. The smallest absolute Gasteiger partial charge is 0.316 e. The number of thiazole rings is 1. The molecule has 0 radical (unpaired) electrons. The lowest BCUT2D eigenvalue weighted by atomic mass is 10.2. The number of aromatic nitrogens is 1. The maximum atomic E-state index is 12.3. The summed E-state index contributed by atoms with van der Waals surface area (Å²) in [7, 11) is 0. The van der Waals surface area contributed by atoms with Crippen molar-refractivity contribution in [1.82, 2.24) is 4.98 Å². The quantitative estimate of drug-likeness (QED) is 0.678. The summed E-state index contributed by atoms with van der Waals surface area (Å²) in [5.41, 5.74) is 7.73. The van der Waals surface area contributed by atoms with Crippen molar-refractivity contribution < 1.29 is 9.59 Å². The van der Waals surface area contributed by atoms with Gasteiger partial charge in [-0.25, -0.2) is 9.78 Å². The molecule has 0 saturated heterocycles. The second-order valence-corrected chi connectivity index (χ2v) is 5.79. The van der Waals surface area contributed by atoms with E-state index in [-0.39, 0.29) is 5.91 Å². The molecule has 6 nitrogen and oxygen atoms in total. The summed E-state index contributed by atoms with van der Waals surface area (Å²) in [6.45, 7) is 0. The van der Waals surface area contributed by atoms with E-state index in [2.05, 4.69) is 15.6 Å². The molecular formula is C17H14N4O2S. The summed E-state index contributed by atoms with van der Waals surface area (Å²) in [6.07, 6.45) is 0. The molecule has 0 unspecified atom stereocenters. The second-order valence-electron chi connectivity index (χ2n) is 4.93. The minimum absolute atomic E-state index is 0.308. The highest BCUT2D eigenvalue weighted by molar-refractivity contribution is 7.14. The molecule has 0 bridgehead atoms. The third kappa shape index (κ3) is 3.76. The molecule has 24 heavy (non-hydrogen) atoms. The van der Waals surface area contributed by atoms with Crippen LogP contribution in [0.1, 0.15) is 10.4 Å². The molecular weight excluding hydrogens is 324 g/mol. The van der Waals surface area contributed by atoms with E-state index in [0.29, 0.717) is 16.4 Å². The van der Waals surface area contributed by atoms with Crippen molar-refractivity contribution in [2.45, 2.75) is 0 Å². The molecule has 4 N–H and O–H groups in total. The Balaban J connectivity index is 1.73. The molecule has 1 aromatic heterocycles. The summed E-state index contributed by atoms with van der Waals surface area (Å²) < 4.78 is 0. The highest BCUT2D eigenvalue weighted by Crippen LogP contribution is 2.25. The first-order valence-electron chi connectivity index (χ1n) is 7.10. The van der Waals surface area contributed by atoms with E-state index in [1.54, 1.807) is 24.3 Å². The Hall–Kier alpha value is -3.19. The van der Waals surface area contributed by atoms with Crippen molar-refractivity contribution >= 4 is 34.1 Å². The Kier molecular flexibility index (Phi) is 4.53. The molecule has 0 aliphatic heterocycles. The van der Waals surface area contributed by atoms with Crippen molar-refractivity contribution in [3.8, 4) is 11.3 Å². The van der Waals surface area contributed by atoms with Crippen LogP contribution in [0, 0.1) is 0 Å². The van der Waals surface area contributed by atoms with E-state index in [4.69, 9.17) is 5.73 Å². The molecule has 0 atom stereocenters. The van der Waals surface area contributed by atoms with Gasteiger partial charge in [-0.3, -0.25) is 10.1 Å². The normalized spacial score (nSPS) is 10.2. The van der Waals surface area contributed by atoms with Gasteiger partial charge < -0.3 is 11.1 Å². The van der Waals surface area contributed by atoms with Gasteiger partial charge in [-0.15, -0.1) is 11.3 Å². The molecule has 3 aromatic rings. The van der Waals surface area contributed by atoms with E-state index in [9.17, 15) is 9.59 Å². The number of hydrogen-bond acceptors (Lipinski definition) is 4. The first kappa shape index (κ1) is 15.7. The Morgan fingerprint density at radius 2 is 1.79 bits per heavy atom. The molecule has 0 aliphatic rings. The summed E-state index contributed by atoms with van der Waals surface area (Å²) in [4.78, 5) is 27.6. The van der Waals surface area contributed by atoms with Crippen LogP contribution in [0.4, 0.5) is 15.6 Å². The zero-order valence-corrected chi connectivity index (χ0v) is 13.3. The standard InChI is InChI=1S/C17H14N4O2S/c18-16(23)19-13-8-4-7-12(9-13)15(22)21-17-20-14(10-24-17)11-5-2-1-3-6-11/h1-10H,(H3,18,19,23)(H,20,21,22). The molecule has 7 heteroatoms. The number of benzene rings is 2. The number of rotatable bonds is 4. The number of amides is 3. The van der Waals surface area contributed by atoms with Crippen LogP contribution in [0.2, 0.25) is 0 Å². The summed E-state index contributed by atoms with van der Waals surface area (Å²) >= 11 is 1.35. The number of nitrogens with two attached hydrogens (primary N) is 1. The molecule has 0 spiro atoms. The molecule has 120 valence electrons. The van der Waals surface area contributed by atoms with Gasteiger partial charge in [0.25, 0.3) is 5.91 Å². The van der Waals surface area contributed by atoms with E-state index >= 15 is 0 Å². The lowest BCUT2D eigenvalue weighted by Crippen LogP contribution is -2.19. The van der Waals surface area contributed by atoms with Gasteiger partial charge in [-0.05, 0) is 18.2 Å². The van der Waals surface area contributed by atoms with Crippen LogP contribution in [0.15, 0.2) is 60.0 Å². The highest BCUT2D eigenvalue weighted by Gasteiger charge is 2.11. The van der Waals surface area contributed by atoms with Crippen molar-refractivity contribution in [2.24, 2.45) is 5.73 Å². The Morgan fingerprint density at radius 1 is 1.00 bits per heavy atom. The third-order valence-electron chi connectivity index (χ3n) is 3.19. The molecule has 0 saturated carbocycles. The fourth-order valence-corrected chi connectivity index (χ4v) is 2.84. The SMILES string of the molecule is NC(=O)Nc1cccc(C(=O)Nc2nc(-c3ccccc3)cs2)c1. The number of carbonyl (C=O) groups excluding carboxylic acids is 2. The van der Waals surface area contributed by atoms with Gasteiger partial charge in [-0.1, -0.05) is 36.4 Å². The fraction of sp³-hybridized carbons (Fsp3) is 0. The molecule has 1 heterocycles. The molecule has 3 rings (SSSR count). The van der Waals surface area contributed by atoms with Gasteiger partial charge in [0.05, 0.1) is 5.69 Å². The van der Waals surface area contributed by atoms with Gasteiger partial charge in [-0.2, -0.15) is 0 Å². The number of hydrogen-bond donors (Lipinski definition) is 3. The topological polar surface area (TPSA) is 97.1 Å². The minimum atomic E-state index is -0.681. The summed E-state index contributed by atoms with van der Waals surface area (Å²) in [6, 6.07) is 15.5. The van der Waals surface area contributed by atoms with Crippen LogP contribution in [0.3, 0.4) is 0 Å². The summed E-state index contributed by atoms with van der Waals surface area (Å²) in [5, 5.41) is 7.58. The van der Waals surface area contributed by atoms with Gasteiger partial charge in [0.2, 0.25) is 0 Å². The van der Waals surface area contributed by atoms with Gasteiger partial charge in [0, 0.05) is 22.2 Å². The van der Waals surface area contributed by atoms with Gasteiger partial charge in [0.1, 0.15) is 0 Å². The average molecular weight is 338 g/mol. The van der Waals surface area contributed by atoms with Gasteiger partial charge >= 0.3 is 6.03 Å². The van der Waals surface area contributed by atoms with Crippen LogP contribution in [-0.4, -0.2) is 16.9 Å². The van der Waals surface area contributed by atoms with E-state index in [1.165, 1.54) is 11.3 Å². The second kappa shape index (κ2) is 6.93. The molecule has 2 aromatic carbocycles. The zero-order chi connectivity index (χ0) is 16.9. The van der Waals surface area contributed by atoms with Crippen LogP contribution in [0.25, 0.3) is 11.3 Å². The van der Waals surface area contributed by atoms with Crippen molar-refractivity contribution in [1.29, 1.82) is 0 Å². The third-order valence-corrected chi connectivity index (χ3v) is 3.94. The predicted octanol–water partition coefficient (Wildman–Crippen LogP) is 3.55. The van der Waals surface area contributed by atoms with E-state index in [0.717, 1.165) is 11.3 Å². The molecule has 3 amide bonds. The Morgan fingerprint density at radius 3 is 2.54 bits per heavy atom. The van der Waals surface area contributed by atoms with Crippen LogP contribution in [-0.2, 0) is 0 Å². The van der Waals surface area contributed by atoms with Crippen LogP contribution < -0.4 is 16.4 Å². The highest BCUT2D eigenvalue weighted by atomic mass is 32.1. The van der Waals surface area contributed by atoms with Crippen LogP contribution in [0.5, 0.6) is 0 Å². The van der Waals surface area contributed by atoms with E-state index in [1.807, 2.05) is 35.7 Å². The lowest BCUT2D eigenvalue weighted by Gasteiger charge is -2.05. The number of nitrogens with zero attached hydrogens (tertiary/aromatic N) is 1. The molecule has 0 aliphatic carbocycles. The van der Waals surface area contributed by atoms with Crippen molar-refractivity contribution in [2.75, 3.05) is 10.6 Å². The zero-order valence-electron chi connectivity index (χ0n) is 12.5. The number of nitrogens with one attached hydrogen (secondary N) is 2. The first-order chi connectivity index (χ1) is 11.6. The average Bonchev–Trinajstić information content (AvgIpc) is 3.04. The maximum absolute atomic E-state index is 12.3. The fourth-order valence-electron chi connectivity index (χ4n) is 2.12. The lowest BCUT2D eigenvalue weighted by molar-refractivity contribution is 0.102.